The van der Waals surface area contributed by atoms with Crippen LogP contribution in [0.2, 0.25) is 0 Å². The van der Waals surface area contributed by atoms with Crippen molar-refractivity contribution >= 4 is 5.91 Å². The molecule has 3 rings (SSSR count). The highest BCUT2D eigenvalue weighted by atomic mass is 19.4. The Hall–Kier alpha value is -2.59. The fourth-order valence-corrected chi connectivity index (χ4v) is 4.81. The summed E-state index contributed by atoms with van der Waals surface area (Å²) in [5, 5.41) is 12.8. The van der Waals surface area contributed by atoms with Gasteiger partial charge < -0.3 is 15.2 Å². The van der Waals surface area contributed by atoms with Gasteiger partial charge >= 0.3 is 12.4 Å². The molecule has 0 aromatic heterocycles. The third kappa shape index (κ3) is 6.39. The van der Waals surface area contributed by atoms with Gasteiger partial charge in [-0.2, -0.15) is 26.3 Å². The van der Waals surface area contributed by atoms with Crippen LogP contribution in [0.1, 0.15) is 67.9 Å². The lowest BCUT2D eigenvalue weighted by Crippen LogP contribution is -2.55. The van der Waals surface area contributed by atoms with Crippen LogP contribution in [-0.4, -0.2) is 29.8 Å². The standard InChI is InChI=1S/C26H29F6NO3/c1-17(19-12-21(25(27,28)29)14-22(13-19)26(30,31)32)36-16-23(20-6-4-3-5-7-20)8-10-24(15-34,11-9-23)33-18(2)35/h3-7,12-14,17,34H,8-11,15-16H2,1-2H3,(H,33,35)/t17-,23?,24?/m1/s1. The number of rotatable bonds is 7. The number of carbonyl (C=O) groups excluding carboxylic acids is 1. The molecular weight excluding hydrogens is 488 g/mol. The summed E-state index contributed by atoms with van der Waals surface area (Å²) < 4.78 is 85.7. The average Bonchev–Trinajstić information content (AvgIpc) is 2.82. The maximum absolute atomic E-state index is 13.3. The minimum Gasteiger partial charge on any atom is -0.394 e. The summed E-state index contributed by atoms with van der Waals surface area (Å²) >= 11 is 0. The van der Waals surface area contributed by atoms with Crippen LogP contribution < -0.4 is 5.32 Å². The van der Waals surface area contributed by atoms with Crippen LogP contribution in [-0.2, 0) is 27.3 Å². The fourth-order valence-electron chi connectivity index (χ4n) is 4.81. The molecule has 36 heavy (non-hydrogen) atoms. The molecule has 2 aromatic rings. The van der Waals surface area contributed by atoms with Gasteiger partial charge in [0.25, 0.3) is 0 Å². The molecule has 4 nitrogen and oxygen atoms in total. The smallest absolute Gasteiger partial charge is 0.394 e. The van der Waals surface area contributed by atoms with Crippen LogP contribution in [0.15, 0.2) is 48.5 Å². The van der Waals surface area contributed by atoms with Crippen molar-refractivity contribution in [2.75, 3.05) is 13.2 Å². The summed E-state index contributed by atoms with van der Waals surface area (Å²) in [5.74, 6) is -0.272. The van der Waals surface area contributed by atoms with E-state index in [4.69, 9.17) is 4.74 Å². The molecule has 0 heterocycles. The SMILES string of the molecule is CC(=O)NC1(CO)CCC(CO[C@H](C)c2cc(C(F)(F)F)cc(C(F)(F)F)c2)(c2ccccc2)CC1. The topological polar surface area (TPSA) is 58.6 Å². The molecule has 1 fully saturated rings. The number of halogens is 6. The highest BCUT2D eigenvalue weighted by molar-refractivity contribution is 5.73. The number of alkyl halides is 6. The van der Waals surface area contributed by atoms with E-state index in [1.54, 1.807) is 0 Å². The Morgan fingerprint density at radius 2 is 1.50 bits per heavy atom. The van der Waals surface area contributed by atoms with E-state index in [-0.39, 0.29) is 30.8 Å². The molecule has 1 aliphatic carbocycles. The Bertz CT molecular complexity index is 1010. The molecule has 10 heteroatoms. The molecule has 1 amide bonds. The second-order valence-corrected chi connectivity index (χ2v) is 9.56. The summed E-state index contributed by atoms with van der Waals surface area (Å²) in [6.07, 6.45) is -9.10. The van der Waals surface area contributed by atoms with Gasteiger partial charge in [0.15, 0.2) is 0 Å². The average molecular weight is 518 g/mol. The van der Waals surface area contributed by atoms with Gasteiger partial charge in [0.1, 0.15) is 0 Å². The van der Waals surface area contributed by atoms with E-state index >= 15 is 0 Å². The van der Waals surface area contributed by atoms with Crippen LogP contribution in [0.25, 0.3) is 0 Å². The Morgan fingerprint density at radius 3 is 1.94 bits per heavy atom. The van der Waals surface area contributed by atoms with E-state index in [2.05, 4.69) is 5.32 Å². The normalized spacial score (nSPS) is 23.8. The van der Waals surface area contributed by atoms with Crippen LogP contribution in [0.5, 0.6) is 0 Å². The summed E-state index contributed by atoms with van der Waals surface area (Å²) in [4.78, 5) is 11.7. The number of aliphatic hydroxyl groups is 1. The largest absolute Gasteiger partial charge is 0.416 e. The predicted octanol–water partition coefficient (Wildman–Crippen LogP) is 6.18. The molecule has 2 N–H and O–H groups in total. The molecule has 0 unspecified atom stereocenters. The lowest BCUT2D eigenvalue weighted by Gasteiger charge is -2.46. The second-order valence-electron chi connectivity index (χ2n) is 9.56. The third-order valence-corrected chi connectivity index (χ3v) is 6.98. The molecule has 2 aromatic carbocycles. The zero-order valence-corrected chi connectivity index (χ0v) is 20.0. The van der Waals surface area contributed by atoms with Crippen LogP contribution in [0, 0.1) is 0 Å². The minimum absolute atomic E-state index is 0.0390. The van der Waals surface area contributed by atoms with Crippen molar-refractivity contribution in [2.45, 2.75) is 68.9 Å². The third-order valence-electron chi connectivity index (χ3n) is 6.98. The van der Waals surface area contributed by atoms with Gasteiger partial charge in [-0.25, -0.2) is 0 Å². The minimum atomic E-state index is -4.94. The number of nitrogens with one attached hydrogen (secondary N) is 1. The second kappa shape index (κ2) is 10.4. The molecule has 0 bridgehead atoms. The molecule has 0 spiro atoms. The van der Waals surface area contributed by atoms with E-state index in [1.807, 2.05) is 30.3 Å². The highest BCUT2D eigenvalue weighted by Crippen LogP contribution is 2.45. The summed E-state index contributed by atoms with van der Waals surface area (Å²) in [5.41, 5.74) is -3.48. The number of aliphatic hydroxyl groups excluding tert-OH is 1. The first-order valence-corrected chi connectivity index (χ1v) is 11.6. The Balaban J connectivity index is 1.88. The van der Waals surface area contributed by atoms with Crippen molar-refractivity contribution in [1.82, 2.24) is 5.32 Å². The van der Waals surface area contributed by atoms with Crippen molar-refractivity contribution in [3.05, 3.63) is 70.8 Å². The van der Waals surface area contributed by atoms with Gasteiger partial charge in [0.2, 0.25) is 5.91 Å². The van der Waals surface area contributed by atoms with E-state index in [0.717, 1.165) is 5.56 Å². The number of carbonyl (C=O) groups is 1. The number of benzene rings is 2. The summed E-state index contributed by atoms with van der Waals surface area (Å²) in [6, 6.07) is 10.8. The molecule has 0 saturated heterocycles. The molecule has 1 saturated carbocycles. The Kier molecular flexibility index (Phi) is 8.10. The van der Waals surface area contributed by atoms with Gasteiger partial charge in [0, 0.05) is 12.3 Å². The monoisotopic (exact) mass is 517 g/mol. The summed E-state index contributed by atoms with van der Waals surface area (Å²) in [7, 11) is 0. The van der Waals surface area contributed by atoms with Gasteiger partial charge in [0.05, 0.1) is 36.0 Å². The number of hydrogen-bond acceptors (Lipinski definition) is 3. The van der Waals surface area contributed by atoms with E-state index in [0.29, 0.717) is 37.8 Å². The van der Waals surface area contributed by atoms with Crippen LogP contribution >= 0.6 is 0 Å². The summed E-state index contributed by atoms with van der Waals surface area (Å²) in [6.45, 7) is 2.58. The van der Waals surface area contributed by atoms with E-state index in [1.165, 1.54) is 13.8 Å². The zero-order valence-electron chi connectivity index (χ0n) is 20.0. The first-order chi connectivity index (χ1) is 16.7. The van der Waals surface area contributed by atoms with E-state index < -0.39 is 40.5 Å². The maximum atomic E-state index is 13.3. The fraction of sp³-hybridized carbons (Fsp3) is 0.500. The van der Waals surface area contributed by atoms with Crippen molar-refractivity contribution in [3.8, 4) is 0 Å². The highest BCUT2D eigenvalue weighted by Gasteiger charge is 2.44. The molecule has 0 radical (unpaired) electrons. The Morgan fingerprint density at radius 1 is 0.972 bits per heavy atom. The number of hydrogen-bond donors (Lipinski definition) is 2. The van der Waals surface area contributed by atoms with Crippen molar-refractivity contribution in [2.24, 2.45) is 0 Å². The molecule has 1 aliphatic rings. The van der Waals surface area contributed by atoms with E-state index in [9.17, 15) is 36.2 Å². The van der Waals surface area contributed by atoms with Crippen molar-refractivity contribution in [1.29, 1.82) is 0 Å². The molecular formula is C26H29F6NO3. The lowest BCUT2D eigenvalue weighted by atomic mass is 9.64. The van der Waals surface area contributed by atoms with Gasteiger partial charge in [-0.3, -0.25) is 4.79 Å². The van der Waals surface area contributed by atoms with Crippen LogP contribution in [0.4, 0.5) is 26.3 Å². The van der Waals surface area contributed by atoms with Gasteiger partial charge in [-0.05, 0) is 61.9 Å². The van der Waals surface area contributed by atoms with Gasteiger partial charge in [-0.1, -0.05) is 30.3 Å². The zero-order chi connectivity index (χ0) is 26.8. The number of amides is 1. The Labute approximate surface area is 205 Å². The van der Waals surface area contributed by atoms with Gasteiger partial charge in [-0.15, -0.1) is 0 Å². The van der Waals surface area contributed by atoms with Crippen LogP contribution in [0.3, 0.4) is 0 Å². The van der Waals surface area contributed by atoms with Crippen molar-refractivity contribution in [3.63, 3.8) is 0 Å². The molecule has 1 atom stereocenters. The first-order valence-electron chi connectivity index (χ1n) is 11.6. The van der Waals surface area contributed by atoms with Crippen molar-refractivity contribution < 1.29 is 41.0 Å². The quantitative estimate of drug-likeness (QED) is 0.431. The maximum Gasteiger partial charge on any atom is 0.416 e. The number of ether oxygens (including phenoxy) is 1. The molecule has 198 valence electrons. The molecule has 0 aliphatic heterocycles. The first kappa shape index (κ1) is 28.0. The predicted molar refractivity (Wildman–Crippen MR) is 121 cm³/mol. The lowest BCUT2D eigenvalue weighted by molar-refractivity contribution is -0.143.